The molecule has 0 bridgehead atoms. The molecule has 1 rings (SSSR count). The third kappa shape index (κ3) is 3.75. The number of hydrogen-bond donors (Lipinski definition) is 3. The molecule has 0 aliphatic heterocycles. The molecule has 0 aliphatic carbocycles. The molecule has 1 atom stereocenters. The average molecular weight is 212 g/mol. The summed E-state index contributed by atoms with van der Waals surface area (Å²) >= 11 is 0. The summed E-state index contributed by atoms with van der Waals surface area (Å²) in [7, 11) is 0. The highest BCUT2D eigenvalue weighted by atomic mass is 19.1. The lowest BCUT2D eigenvalue weighted by Gasteiger charge is -2.16. The lowest BCUT2D eigenvalue weighted by Crippen LogP contribution is -2.16. The number of aliphatic hydroxyl groups excluding tert-OH is 1. The molecule has 0 amide bonds. The highest BCUT2D eigenvalue weighted by Crippen LogP contribution is 2.20. The predicted molar refractivity (Wildman–Crippen MR) is 60.2 cm³/mol. The van der Waals surface area contributed by atoms with E-state index in [1.807, 2.05) is 6.92 Å². The normalized spacial score (nSPS) is 12.5. The Morgan fingerprint density at radius 2 is 2.27 bits per heavy atom. The molecular weight excluding hydrogens is 195 g/mol. The summed E-state index contributed by atoms with van der Waals surface area (Å²) < 4.78 is 12.7. The number of nitrogen functional groups attached to an aromatic ring is 1. The van der Waals surface area contributed by atoms with Crippen LogP contribution in [0.2, 0.25) is 0 Å². The van der Waals surface area contributed by atoms with Crippen LogP contribution in [0.1, 0.15) is 19.8 Å². The Morgan fingerprint density at radius 3 is 2.87 bits per heavy atom. The van der Waals surface area contributed by atoms with Crippen LogP contribution in [-0.2, 0) is 0 Å². The van der Waals surface area contributed by atoms with Gasteiger partial charge < -0.3 is 16.2 Å². The highest BCUT2D eigenvalue weighted by molar-refractivity contribution is 5.66. The van der Waals surface area contributed by atoms with E-state index in [4.69, 9.17) is 10.8 Å². The molecule has 0 radical (unpaired) electrons. The molecule has 0 fully saturated rings. The van der Waals surface area contributed by atoms with Gasteiger partial charge in [0.1, 0.15) is 5.82 Å². The Balaban J connectivity index is 2.56. The largest absolute Gasteiger partial charge is 0.397 e. The maximum Gasteiger partial charge on any atom is 0.125 e. The summed E-state index contributed by atoms with van der Waals surface area (Å²) in [4.78, 5) is 0. The first-order chi connectivity index (χ1) is 7.13. The van der Waals surface area contributed by atoms with Crippen LogP contribution in [0.3, 0.4) is 0 Å². The van der Waals surface area contributed by atoms with Gasteiger partial charge in [-0.05, 0) is 38.0 Å². The summed E-state index contributed by atoms with van der Waals surface area (Å²) in [5, 5.41) is 11.8. The summed E-state index contributed by atoms with van der Waals surface area (Å²) in [6, 6.07) is 4.50. The SMILES string of the molecule is CC(CCCO)Nc1ccc(F)cc1N. The standard InChI is InChI=1S/C11H17FN2O/c1-8(3-2-6-15)14-11-5-4-9(12)7-10(11)13/h4-5,7-8,14-15H,2-3,6,13H2,1H3. The van der Waals surface area contributed by atoms with Crippen molar-refractivity contribution < 1.29 is 9.50 Å². The quantitative estimate of drug-likeness (QED) is 0.654. The number of hydrogen-bond acceptors (Lipinski definition) is 3. The molecule has 0 aromatic heterocycles. The van der Waals surface area contributed by atoms with Crippen molar-refractivity contribution in [3.63, 3.8) is 0 Å². The second kappa shape index (κ2) is 5.56. The van der Waals surface area contributed by atoms with Crippen LogP contribution in [0.4, 0.5) is 15.8 Å². The van der Waals surface area contributed by atoms with Gasteiger partial charge in [0.2, 0.25) is 0 Å². The van der Waals surface area contributed by atoms with Crippen molar-refractivity contribution in [2.75, 3.05) is 17.7 Å². The van der Waals surface area contributed by atoms with E-state index >= 15 is 0 Å². The van der Waals surface area contributed by atoms with Crippen LogP contribution < -0.4 is 11.1 Å². The van der Waals surface area contributed by atoms with Crippen molar-refractivity contribution in [1.82, 2.24) is 0 Å². The van der Waals surface area contributed by atoms with Crippen molar-refractivity contribution >= 4 is 11.4 Å². The van der Waals surface area contributed by atoms with Crippen molar-refractivity contribution in [3.8, 4) is 0 Å². The van der Waals surface area contributed by atoms with E-state index in [2.05, 4.69) is 5.32 Å². The number of nitrogens with two attached hydrogens (primary N) is 1. The minimum absolute atomic E-state index is 0.185. The molecule has 0 saturated heterocycles. The van der Waals surface area contributed by atoms with Crippen LogP contribution in [0.25, 0.3) is 0 Å². The zero-order valence-corrected chi connectivity index (χ0v) is 8.83. The average Bonchev–Trinajstić information content (AvgIpc) is 2.19. The summed E-state index contributed by atoms with van der Waals surface area (Å²) in [6.07, 6.45) is 1.60. The topological polar surface area (TPSA) is 58.3 Å². The Bertz CT molecular complexity index is 317. The highest BCUT2D eigenvalue weighted by Gasteiger charge is 2.04. The number of nitrogens with one attached hydrogen (secondary N) is 1. The number of aliphatic hydroxyl groups is 1. The molecular formula is C11H17FN2O. The predicted octanol–water partition coefficient (Wildman–Crippen LogP) is 1.98. The van der Waals surface area contributed by atoms with E-state index in [1.165, 1.54) is 12.1 Å². The van der Waals surface area contributed by atoms with Gasteiger partial charge in [0.05, 0.1) is 11.4 Å². The van der Waals surface area contributed by atoms with Gasteiger partial charge in [-0.25, -0.2) is 4.39 Å². The molecule has 0 spiro atoms. The van der Waals surface area contributed by atoms with Gasteiger partial charge in [-0.2, -0.15) is 0 Å². The number of halogens is 1. The van der Waals surface area contributed by atoms with Crippen molar-refractivity contribution in [2.24, 2.45) is 0 Å². The fourth-order valence-corrected chi connectivity index (χ4v) is 1.40. The Labute approximate surface area is 89.1 Å². The molecule has 0 saturated carbocycles. The molecule has 0 aliphatic rings. The first-order valence-corrected chi connectivity index (χ1v) is 5.06. The minimum Gasteiger partial charge on any atom is -0.397 e. The molecule has 4 heteroatoms. The fraction of sp³-hybridized carbons (Fsp3) is 0.455. The first-order valence-electron chi connectivity index (χ1n) is 5.06. The van der Waals surface area contributed by atoms with Crippen LogP contribution in [-0.4, -0.2) is 17.8 Å². The van der Waals surface area contributed by atoms with Gasteiger partial charge in [0.15, 0.2) is 0 Å². The molecule has 1 unspecified atom stereocenters. The maximum atomic E-state index is 12.7. The lowest BCUT2D eigenvalue weighted by atomic mass is 10.1. The second-order valence-electron chi connectivity index (χ2n) is 3.64. The van der Waals surface area contributed by atoms with E-state index in [0.29, 0.717) is 5.69 Å². The number of rotatable bonds is 5. The molecule has 1 aromatic carbocycles. The van der Waals surface area contributed by atoms with Crippen molar-refractivity contribution in [2.45, 2.75) is 25.8 Å². The fourth-order valence-electron chi connectivity index (χ4n) is 1.40. The summed E-state index contributed by atoms with van der Waals surface area (Å²) in [6.45, 7) is 2.18. The van der Waals surface area contributed by atoms with Crippen LogP contribution in [0.15, 0.2) is 18.2 Å². The van der Waals surface area contributed by atoms with Gasteiger partial charge in [0.25, 0.3) is 0 Å². The summed E-state index contributed by atoms with van der Waals surface area (Å²) in [5.74, 6) is -0.332. The second-order valence-corrected chi connectivity index (χ2v) is 3.64. The first kappa shape index (κ1) is 11.8. The zero-order valence-electron chi connectivity index (χ0n) is 8.83. The maximum absolute atomic E-state index is 12.7. The zero-order chi connectivity index (χ0) is 11.3. The van der Waals surface area contributed by atoms with Crippen LogP contribution in [0.5, 0.6) is 0 Å². The van der Waals surface area contributed by atoms with E-state index in [9.17, 15) is 4.39 Å². The monoisotopic (exact) mass is 212 g/mol. The third-order valence-electron chi connectivity index (χ3n) is 2.21. The van der Waals surface area contributed by atoms with E-state index in [-0.39, 0.29) is 18.5 Å². The Kier molecular flexibility index (Phi) is 4.37. The van der Waals surface area contributed by atoms with Crippen LogP contribution in [0, 0.1) is 5.82 Å². The smallest absolute Gasteiger partial charge is 0.125 e. The van der Waals surface area contributed by atoms with Gasteiger partial charge in [-0.1, -0.05) is 0 Å². The Morgan fingerprint density at radius 1 is 1.53 bits per heavy atom. The molecule has 84 valence electrons. The molecule has 1 aromatic rings. The minimum atomic E-state index is -0.332. The Hall–Kier alpha value is -1.29. The molecule has 15 heavy (non-hydrogen) atoms. The van der Waals surface area contributed by atoms with E-state index in [1.54, 1.807) is 6.07 Å². The molecule has 3 nitrogen and oxygen atoms in total. The van der Waals surface area contributed by atoms with Gasteiger partial charge >= 0.3 is 0 Å². The number of anilines is 2. The van der Waals surface area contributed by atoms with Crippen molar-refractivity contribution in [1.29, 1.82) is 0 Å². The summed E-state index contributed by atoms with van der Waals surface area (Å²) in [5.41, 5.74) is 6.79. The van der Waals surface area contributed by atoms with Crippen LogP contribution >= 0.6 is 0 Å². The lowest BCUT2D eigenvalue weighted by molar-refractivity contribution is 0.282. The van der Waals surface area contributed by atoms with E-state index in [0.717, 1.165) is 18.5 Å². The van der Waals surface area contributed by atoms with Gasteiger partial charge in [-0.3, -0.25) is 0 Å². The number of benzene rings is 1. The van der Waals surface area contributed by atoms with Gasteiger partial charge in [-0.15, -0.1) is 0 Å². The van der Waals surface area contributed by atoms with Crippen molar-refractivity contribution in [3.05, 3.63) is 24.0 Å². The van der Waals surface area contributed by atoms with E-state index < -0.39 is 0 Å². The molecule has 4 N–H and O–H groups in total. The van der Waals surface area contributed by atoms with Gasteiger partial charge in [0, 0.05) is 12.6 Å². The molecule has 0 heterocycles. The third-order valence-corrected chi connectivity index (χ3v) is 2.21.